The van der Waals surface area contributed by atoms with Gasteiger partial charge in [-0.25, -0.2) is 0 Å². The van der Waals surface area contributed by atoms with E-state index in [1.807, 2.05) is 35.2 Å². The topological polar surface area (TPSA) is 75.4 Å². The van der Waals surface area contributed by atoms with Gasteiger partial charge in [0.15, 0.2) is 0 Å². The molecule has 2 fully saturated rings. The minimum atomic E-state index is -0.376. The standard InChI is InChI=1S/C17H23N3O2/c1-17-10-13(12-6-3-2-4-7-12)20(16(22)11-18)14(17)8-5-9-15(21)19-17/h2-4,6-7,13-14H,5,8-11,18H2,1H3,(H,19,21)/t13-,14-,17-/m0/s1. The van der Waals surface area contributed by atoms with E-state index in [0.717, 1.165) is 24.8 Å². The number of rotatable bonds is 2. The van der Waals surface area contributed by atoms with Crippen LogP contribution in [0.3, 0.4) is 0 Å². The van der Waals surface area contributed by atoms with Crippen molar-refractivity contribution in [3.05, 3.63) is 35.9 Å². The molecule has 22 heavy (non-hydrogen) atoms. The monoisotopic (exact) mass is 301 g/mol. The molecule has 2 aliphatic heterocycles. The number of nitrogens with zero attached hydrogens (tertiary/aromatic N) is 1. The molecule has 3 atom stereocenters. The van der Waals surface area contributed by atoms with Crippen molar-refractivity contribution in [1.29, 1.82) is 0 Å². The van der Waals surface area contributed by atoms with E-state index in [1.165, 1.54) is 0 Å². The molecule has 2 amide bonds. The predicted molar refractivity (Wildman–Crippen MR) is 83.9 cm³/mol. The summed E-state index contributed by atoms with van der Waals surface area (Å²) in [5.41, 5.74) is 6.37. The van der Waals surface area contributed by atoms with Crippen molar-refractivity contribution in [2.45, 2.75) is 50.2 Å². The average Bonchev–Trinajstić information content (AvgIpc) is 2.71. The van der Waals surface area contributed by atoms with Crippen LogP contribution in [0.4, 0.5) is 0 Å². The minimum absolute atomic E-state index is 0.00383. The van der Waals surface area contributed by atoms with Gasteiger partial charge in [-0.15, -0.1) is 0 Å². The van der Waals surface area contributed by atoms with Crippen LogP contribution in [0.15, 0.2) is 30.3 Å². The number of carbonyl (C=O) groups excluding carboxylic acids is 2. The summed E-state index contributed by atoms with van der Waals surface area (Å²) in [5.74, 6) is 0.0394. The van der Waals surface area contributed by atoms with Gasteiger partial charge in [0.1, 0.15) is 0 Å². The fourth-order valence-corrected chi connectivity index (χ4v) is 4.00. The second kappa shape index (κ2) is 5.72. The van der Waals surface area contributed by atoms with Crippen molar-refractivity contribution in [3.8, 4) is 0 Å². The highest BCUT2D eigenvalue weighted by atomic mass is 16.2. The summed E-state index contributed by atoms with van der Waals surface area (Å²) in [4.78, 5) is 26.4. The van der Waals surface area contributed by atoms with E-state index in [1.54, 1.807) is 0 Å². The van der Waals surface area contributed by atoms with Crippen LogP contribution in [-0.2, 0) is 9.59 Å². The maximum absolute atomic E-state index is 12.5. The zero-order valence-corrected chi connectivity index (χ0v) is 12.9. The van der Waals surface area contributed by atoms with Crippen molar-refractivity contribution >= 4 is 11.8 Å². The first-order valence-electron chi connectivity index (χ1n) is 7.92. The van der Waals surface area contributed by atoms with E-state index < -0.39 is 0 Å². The van der Waals surface area contributed by atoms with Crippen LogP contribution in [0.1, 0.15) is 44.2 Å². The van der Waals surface area contributed by atoms with E-state index >= 15 is 0 Å². The second-order valence-electron chi connectivity index (χ2n) is 6.51. The maximum Gasteiger partial charge on any atom is 0.237 e. The van der Waals surface area contributed by atoms with Crippen molar-refractivity contribution in [1.82, 2.24) is 10.2 Å². The van der Waals surface area contributed by atoms with Gasteiger partial charge in [0.05, 0.1) is 24.2 Å². The highest BCUT2D eigenvalue weighted by Crippen LogP contribution is 2.45. The van der Waals surface area contributed by atoms with Gasteiger partial charge in [-0.3, -0.25) is 9.59 Å². The molecule has 2 heterocycles. The van der Waals surface area contributed by atoms with Crippen molar-refractivity contribution in [3.63, 3.8) is 0 Å². The fraction of sp³-hybridized carbons (Fsp3) is 0.529. The largest absolute Gasteiger partial charge is 0.349 e. The molecule has 3 N–H and O–H groups in total. The Kier molecular flexibility index (Phi) is 3.91. The summed E-state index contributed by atoms with van der Waals surface area (Å²) in [5, 5.41) is 3.15. The number of nitrogens with one attached hydrogen (secondary N) is 1. The highest BCUT2D eigenvalue weighted by Gasteiger charge is 2.52. The van der Waals surface area contributed by atoms with E-state index in [2.05, 4.69) is 12.2 Å². The van der Waals surface area contributed by atoms with Crippen LogP contribution in [-0.4, -0.2) is 34.8 Å². The molecule has 0 spiro atoms. The number of nitrogens with two attached hydrogens (primary N) is 1. The first-order valence-corrected chi connectivity index (χ1v) is 7.92. The lowest BCUT2D eigenvalue weighted by atomic mass is 9.88. The Balaban J connectivity index is 2.00. The van der Waals surface area contributed by atoms with Gasteiger partial charge >= 0.3 is 0 Å². The zero-order chi connectivity index (χ0) is 15.7. The molecule has 0 unspecified atom stereocenters. The molecule has 0 saturated carbocycles. The predicted octanol–water partition coefficient (Wildman–Crippen LogP) is 1.35. The molecule has 5 nitrogen and oxygen atoms in total. The third kappa shape index (κ3) is 2.50. The lowest BCUT2D eigenvalue weighted by Crippen LogP contribution is -2.54. The van der Waals surface area contributed by atoms with Crippen molar-refractivity contribution < 1.29 is 9.59 Å². The first-order chi connectivity index (χ1) is 10.5. The molecular weight excluding hydrogens is 278 g/mol. The van der Waals surface area contributed by atoms with Crippen LogP contribution in [0.5, 0.6) is 0 Å². The minimum Gasteiger partial charge on any atom is -0.349 e. The van der Waals surface area contributed by atoms with E-state index in [-0.39, 0.29) is 36.0 Å². The Labute approximate surface area is 130 Å². The Bertz CT molecular complexity index is 575. The Morgan fingerprint density at radius 2 is 2.14 bits per heavy atom. The summed E-state index contributed by atoms with van der Waals surface area (Å²) >= 11 is 0. The number of benzene rings is 1. The molecule has 1 aromatic rings. The van der Waals surface area contributed by atoms with Gasteiger partial charge in [0.2, 0.25) is 11.8 Å². The number of likely N-dealkylation sites (tertiary alicyclic amines) is 1. The molecule has 1 aromatic carbocycles. The third-order valence-corrected chi connectivity index (χ3v) is 4.98. The molecule has 0 bridgehead atoms. The first kappa shape index (κ1) is 15.0. The van der Waals surface area contributed by atoms with Gasteiger partial charge in [-0.2, -0.15) is 0 Å². The molecule has 2 aliphatic rings. The molecule has 5 heteroatoms. The normalized spacial score (nSPS) is 31.4. The average molecular weight is 301 g/mol. The fourth-order valence-electron chi connectivity index (χ4n) is 4.00. The molecule has 0 aliphatic carbocycles. The number of hydrogen-bond acceptors (Lipinski definition) is 3. The van der Waals surface area contributed by atoms with Crippen LogP contribution >= 0.6 is 0 Å². The molecule has 118 valence electrons. The van der Waals surface area contributed by atoms with Crippen LogP contribution in [0.2, 0.25) is 0 Å². The smallest absolute Gasteiger partial charge is 0.237 e. The van der Waals surface area contributed by atoms with Crippen LogP contribution in [0.25, 0.3) is 0 Å². The summed E-state index contributed by atoms with van der Waals surface area (Å²) in [6.07, 6.45) is 2.91. The van der Waals surface area contributed by atoms with E-state index in [0.29, 0.717) is 6.42 Å². The quantitative estimate of drug-likeness (QED) is 0.865. The summed E-state index contributed by atoms with van der Waals surface area (Å²) in [6.45, 7) is 2.06. The lowest BCUT2D eigenvalue weighted by molar-refractivity contribution is -0.133. The third-order valence-electron chi connectivity index (χ3n) is 4.98. The van der Waals surface area contributed by atoms with Crippen molar-refractivity contribution in [2.75, 3.05) is 6.54 Å². The Morgan fingerprint density at radius 1 is 1.41 bits per heavy atom. The zero-order valence-electron chi connectivity index (χ0n) is 12.9. The summed E-state index contributed by atoms with van der Waals surface area (Å²) in [7, 11) is 0. The lowest BCUT2D eigenvalue weighted by Gasteiger charge is -2.35. The number of hydrogen-bond donors (Lipinski definition) is 2. The molecule has 0 aromatic heterocycles. The van der Waals surface area contributed by atoms with Crippen molar-refractivity contribution in [2.24, 2.45) is 5.73 Å². The van der Waals surface area contributed by atoms with Crippen LogP contribution in [0, 0.1) is 0 Å². The van der Waals surface area contributed by atoms with Crippen LogP contribution < -0.4 is 11.1 Å². The summed E-state index contributed by atoms with van der Waals surface area (Å²) in [6, 6.07) is 10.0. The molecule has 3 rings (SSSR count). The molecule has 0 radical (unpaired) electrons. The van der Waals surface area contributed by atoms with Gasteiger partial charge in [-0.1, -0.05) is 30.3 Å². The molecule has 2 saturated heterocycles. The highest BCUT2D eigenvalue weighted by molar-refractivity contribution is 5.81. The van der Waals surface area contributed by atoms with Gasteiger partial charge < -0.3 is 16.0 Å². The van der Waals surface area contributed by atoms with Gasteiger partial charge in [-0.05, 0) is 31.7 Å². The molecular formula is C17H23N3O2. The summed E-state index contributed by atoms with van der Waals surface area (Å²) < 4.78 is 0. The maximum atomic E-state index is 12.5. The van der Waals surface area contributed by atoms with E-state index in [9.17, 15) is 9.59 Å². The van der Waals surface area contributed by atoms with Gasteiger partial charge in [0, 0.05) is 6.42 Å². The van der Waals surface area contributed by atoms with Gasteiger partial charge in [0.25, 0.3) is 0 Å². The SMILES string of the molecule is C[C@]12C[C@@H](c3ccccc3)N(C(=O)CN)[C@H]1CCCC(=O)N2. The van der Waals surface area contributed by atoms with E-state index in [4.69, 9.17) is 5.73 Å². The Hall–Kier alpha value is -1.88. The second-order valence-corrected chi connectivity index (χ2v) is 6.51. The number of carbonyl (C=O) groups is 2. The number of amides is 2. The Morgan fingerprint density at radius 3 is 2.82 bits per heavy atom. The number of fused-ring (bicyclic) bond motifs is 1.